The summed E-state index contributed by atoms with van der Waals surface area (Å²) in [6.07, 6.45) is 0.277. The number of hydrogen-bond donors (Lipinski definition) is 1. The lowest BCUT2D eigenvalue weighted by molar-refractivity contribution is -0.137. The third kappa shape index (κ3) is 4.39. The van der Waals surface area contributed by atoms with Crippen molar-refractivity contribution >= 4 is 5.69 Å². The first-order valence-electron chi connectivity index (χ1n) is 7.60. The van der Waals surface area contributed by atoms with Gasteiger partial charge >= 0.3 is 6.18 Å². The van der Waals surface area contributed by atoms with E-state index in [0.29, 0.717) is 11.5 Å². The van der Waals surface area contributed by atoms with Crippen molar-refractivity contribution in [1.29, 1.82) is 0 Å². The van der Waals surface area contributed by atoms with Crippen LogP contribution in [0.5, 0.6) is 0 Å². The molecule has 0 aromatic heterocycles. The zero-order valence-electron chi connectivity index (χ0n) is 12.9. The number of anilines is 1. The second-order valence-corrected chi connectivity index (χ2v) is 7.13. The molecule has 0 unspecified atom stereocenters. The lowest BCUT2D eigenvalue weighted by Gasteiger charge is -2.37. The second kappa shape index (κ2) is 5.90. The van der Waals surface area contributed by atoms with Crippen molar-refractivity contribution in [1.82, 2.24) is 0 Å². The molecule has 1 fully saturated rings. The maximum absolute atomic E-state index is 12.5. The van der Waals surface area contributed by atoms with E-state index in [9.17, 15) is 13.2 Å². The SMILES string of the molecule is CC(C)(C)C1CCC(Nc2ccc(C(F)(F)F)cc2)CC1. The molecule has 0 heterocycles. The summed E-state index contributed by atoms with van der Waals surface area (Å²) in [7, 11) is 0. The van der Waals surface area contributed by atoms with Crippen LogP contribution >= 0.6 is 0 Å². The molecule has 1 aromatic carbocycles. The molecule has 0 bridgehead atoms. The van der Waals surface area contributed by atoms with Gasteiger partial charge in [-0.1, -0.05) is 20.8 Å². The zero-order valence-corrected chi connectivity index (χ0v) is 12.9. The number of hydrogen-bond acceptors (Lipinski definition) is 1. The van der Waals surface area contributed by atoms with Gasteiger partial charge in [0.05, 0.1) is 5.56 Å². The van der Waals surface area contributed by atoms with Crippen LogP contribution < -0.4 is 5.32 Å². The average Bonchev–Trinajstić information content (AvgIpc) is 2.38. The Balaban J connectivity index is 1.89. The minimum Gasteiger partial charge on any atom is -0.382 e. The molecule has 0 radical (unpaired) electrons. The Kier molecular flexibility index (Phi) is 4.54. The van der Waals surface area contributed by atoms with Gasteiger partial charge in [0, 0.05) is 11.7 Å². The van der Waals surface area contributed by atoms with Crippen LogP contribution in [0, 0.1) is 11.3 Å². The summed E-state index contributed by atoms with van der Waals surface area (Å²) < 4.78 is 37.5. The molecule has 0 atom stereocenters. The van der Waals surface area contributed by atoms with Crippen LogP contribution in [0.2, 0.25) is 0 Å². The summed E-state index contributed by atoms with van der Waals surface area (Å²) in [6.45, 7) is 6.84. The highest BCUT2D eigenvalue weighted by Gasteiger charge is 2.31. The molecule has 0 spiro atoms. The van der Waals surface area contributed by atoms with Crippen molar-refractivity contribution < 1.29 is 13.2 Å². The van der Waals surface area contributed by atoms with E-state index >= 15 is 0 Å². The normalized spacial score (nSPS) is 23.9. The number of rotatable bonds is 2. The van der Waals surface area contributed by atoms with Gasteiger partial charge < -0.3 is 5.32 Å². The summed E-state index contributed by atoms with van der Waals surface area (Å²) in [5.41, 5.74) is 0.533. The average molecular weight is 299 g/mol. The summed E-state index contributed by atoms with van der Waals surface area (Å²) in [5.74, 6) is 0.739. The lowest BCUT2D eigenvalue weighted by Crippen LogP contribution is -2.31. The van der Waals surface area contributed by atoms with Crippen LogP contribution in [0.4, 0.5) is 18.9 Å². The second-order valence-electron chi connectivity index (χ2n) is 7.13. The molecule has 0 amide bonds. The minimum absolute atomic E-state index is 0.347. The fraction of sp³-hybridized carbons (Fsp3) is 0.647. The lowest BCUT2D eigenvalue weighted by atomic mass is 9.71. The maximum Gasteiger partial charge on any atom is 0.416 e. The Hall–Kier alpha value is -1.19. The van der Waals surface area contributed by atoms with Crippen LogP contribution in [-0.2, 0) is 6.18 Å². The van der Waals surface area contributed by atoms with Gasteiger partial charge in [0.2, 0.25) is 0 Å². The van der Waals surface area contributed by atoms with Gasteiger partial charge in [-0.3, -0.25) is 0 Å². The Morgan fingerprint density at radius 1 is 0.905 bits per heavy atom. The van der Waals surface area contributed by atoms with Gasteiger partial charge in [-0.05, 0) is 61.3 Å². The fourth-order valence-electron chi connectivity index (χ4n) is 3.09. The minimum atomic E-state index is -4.26. The first-order chi connectivity index (χ1) is 9.66. The van der Waals surface area contributed by atoms with Crippen molar-refractivity contribution in [2.75, 3.05) is 5.32 Å². The predicted molar refractivity (Wildman–Crippen MR) is 80.3 cm³/mol. The molecular formula is C17H24F3N. The number of nitrogens with one attached hydrogen (secondary N) is 1. The molecule has 1 aliphatic carbocycles. The third-order valence-corrected chi connectivity index (χ3v) is 4.53. The van der Waals surface area contributed by atoms with Crippen molar-refractivity contribution in [2.45, 2.75) is 58.7 Å². The predicted octanol–water partition coefficient (Wildman–Crippen LogP) is 5.72. The summed E-state index contributed by atoms with van der Waals surface area (Å²) >= 11 is 0. The molecule has 1 saturated carbocycles. The molecule has 0 saturated heterocycles. The number of halogens is 3. The molecule has 21 heavy (non-hydrogen) atoms. The van der Waals surface area contributed by atoms with Crippen LogP contribution in [-0.4, -0.2) is 6.04 Å². The molecule has 1 aliphatic rings. The first-order valence-corrected chi connectivity index (χ1v) is 7.60. The zero-order chi connectivity index (χ0) is 15.7. The Morgan fingerprint density at radius 2 is 1.43 bits per heavy atom. The quantitative estimate of drug-likeness (QED) is 0.736. The highest BCUT2D eigenvalue weighted by atomic mass is 19.4. The molecule has 1 nitrogen and oxygen atoms in total. The van der Waals surface area contributed by atoms with E-state index in [0.717, 1.165) is 36.6 Å². The van der Waals surface area contributed by atoms with Gasteiger partial charge in [0.1, 0.15) is 0 Å². The Bertz CT molecular complexity index is 448. The fourth-order valence-corrected chi connectivity index (χ4v) is 3.09. The van der Waals surface area contributed by atoms with Crippen LogP contribution in [0.15, 0.2) is 24.3 Å². The summed E-state index contributed by atoms with van der Waals surface area (Å²) in [6, 6.07) is 5.71. The molecule has 1 N–H and O–H groups in total. The molecule has 118 valence electrons. The van der Waals surface area contributed by atoms with Gasteiger partial charge in [-0.25, -0.2) is 0 Å². The monoisotopic (exact) mass is 299 g/mol. The van der Waals surface area contributed by atoms with Gasteiger partial charge in [-0.15, -0.1) is 0 Å². The third-order valence-electron chi connectivity index (χ3n) is 4.53. The molecule has 0 aliphatic heterocycles. The molecule has 1 aromatic rings. The van der Waals surface area contributed by atoms with Crippen LogP contribution in [0.1, 0.15) is 52.0 Å². The topological polar surface area (TPSA) is 12.0 Å². The first kappa shape index (κ1) is 16.2. The van der Waals surface area contributed by atoms with Crippen molar-refractivity contribution in [3.63, 3.8) is 0 Å². The van der Waals surface area contributed by atoms with E-state index in [4.69, 9.17) is 0 Å². The van der Waals surface area contributed by atoms with Crippen molar-refractivity contribution in [3.8, 4) is 0 Å². The largest absolute Gasteiger partial charge is 0.416 e. The van der Waals surface area contributed by atoms with Crippen LogP contribution in [0.25, 0.3) is 0 Å². The van der Waals surface area contributed by atoms with E-state index in [-0.39, 0.29) is 0 Å². The van der Waals surface area contributed by atoms with E-state index in [1.54, 1.807) is 0 Å². The van der Waals surface area contributed by atoms with E-state index in [1.807, 2.05) is 0 Å². The smallest absolute Gasteiger partial charge is 0.382 e. The maximum atomic E-state index is 12.5. The van der Waals surface area contributed by atoms with Gasteiger partial charge in [0.25, 0.3) is 0 Å². The van der Waals surface area contributed by atoms with Gasteiger partial charge in [-0.2, -0.15) is 13.2 Å². The van der Waals surface area contributed by atoms with E-state index in [2.05, 4.69) is 26.1 Å². The Morgan fingerprint density at radius 3 is 1.86 bits per heavy atom. The molecular weight excluding hydrogens is 275 g/mol. The van der Waals surface area contributed by atoms with E-state index < -0.39 is 11.7 Å². The highest BCUT2D eigenvalue weighted by Crippen LogP contribution is 2.38. The van der Waals surface area contributed by atoms with Crippen LogP contribution in [0.3, 0.4) is 0 Å². The standard InChI is InChI=1S/C17H24F3N/c1-16(2,3)12-4-8-14(9-5-12)21-15-10-6-13(7-11-15)17(18,19)20/h6-7,10-12,14,21H,4-5,8-9H2,1-3H3. The number of benzene rings is 1. The van der Waals surface area contributed by atoms with Crippen molar-refractivity contribution in [3.05, 3.63) is 29.8 Å². The van der Waals surface area contributed by atoms with E-state index in [1.165, 1.54) is 25.0 Å². The highest BCUT2D eigenvalue weighted by molar-refractivity contribution is 5.46. The summed E-state index contributed by atoms with van der Waals surface area (Å²) in [5, 5.41) is 3.36. The van der Waals surface area contributed by atoms with Crippen molar-refractivity contribution in [2.24, 2.45) is 11.3 Å². The summed E-state index contributed by atoms with van der Waals surface area (Å²) in [4.78, 5) is 0. The number of alkyl halides is 3. The van der Waals surface area contributed by atoms with Gasteiger partial charge in [0.15, 0.2) is 0 Å². The Labute approximate surface area is 124 Å². The molecule has 2 rings (SSSR count). The molecule has 4 heteroatoms.